The molecule has 0 fully saturated rings. The fourth-order valence-corrected chi connectivity index (χ4v) is 9.99. The number of nitrogens with one attached hydrogen (secondary N) is 3. The molecular weight excluding hydrogens is 894 g/mol. The molecule has 0 saturated heterocycles. The van der Waals surface area contributed by atoms with Gasteiger partial charge < -0.3 is 24.9 Å². The monoisotopic (exact) mass is 949 g/mol. The summed E-state index contributed by atoms with van der Waals surface area (Å²) in [6.07, 6.45) is 3.95. The van der Waals surface area contributed by atoms with Gasteiger partial charge in [-0.15, -0.1) is 21.5 Å². The van der Waals surface area contributed by atoms with Crippen LogP contribution in [0, 0.1) is 5.82 Å². The SMILES string of the molecule is CCC(c1nnc(SCC(=O)Nc2nc(-c3ccc(F)cc3)cs2)n1Cc1ccccc1)N(C)C.COc1ccc(C(CNC(=O)CN2CCc3ccccc3C2)c2c[nH]c3ccccc23)cc1. The second-order valence-corrected chi connectivity index (χ2v) is 18.6. The summed E-state index contributed by atoms with van der Waals surface area (Å²) in [5.41, 5.74) is 8.79. The topological polar surface area (TPSA) is 133 Å². The molecule has 3 N–H and O–H groups in total. The summed E-state index contributed by atoms with van der Waals surface area (Å²) in [5.74, 6) is 1.51. The number of thioether (sulfide) groups is 1. The van der Waals surface area contributed by atoms with Crippen LogP contribution < -0.4 is 15.4 Å². The number of para-hydroxylation sites is 1. The Labute approximate surface area is 405 Å². The van der Waals surface area contributed by atoms with Crippen molar-refractivity contribution >= 4 is 50.9 Å². The number of halogens is 1. The zero-order valence-corrected chi connectivity index (χ0v) is 40.3. The van der Waals surface area contributed by atoms with E-state index in [-0.39, 0.29) is 35.3 Å². The third-order valence-electron chi connectivity index (χ3n) is 12.1. The van der Waals surface area contributed by atoms with Crippen LogP contribution in [0.2, 0.25) is 0 Å². The number of hydrogen-bond donors (Lipinski definition) is 3. The molecule has 0 radical (unpaired) electrons. The number of aromatic nitrogens is 5. The van der Waals surface area contributed by atoms with E-state index < -0.39 is 0 Å². The van der Waals surface area contributed by atoms with Gasteiger partial charge in [0.25, 0.3) is 0 Å². The van der Waals surface area contributed by atoms with Crippen LogP contribution in [0.15, 0.2) is 144 Å². The van der Waals surface area contributed by atoms with Crippen molar-refractivity contribution in [1.29, 1.82) is 0 Å². The van der Waals surface area contributed by atoms with E-state index >= 15 is 0 Å². The van der Waals surface area contributed by atoms with Crippen LogP contribution in [0.1, 0.15) is 58.9 Å². The third-order valence-corrected chi connectivity index (χ3v) is 13.8. The molecule has 9 rings (SSSR count). The highest BCUT2D eigenvalue weighted by atomic mass is 32.2. The molecular formula is C53H56FN9O3S2. The molecule has 0 saturated carbocycles. The molecule has 12 nitrogen and oxygen atoms in total. The zero-order chi connectivity index (χ0) is 47.4. The number of ether oxygens (including phenoxy) is 1. The van der Waals surface area contributed by atoms with Crippen LogP contribution >= 0.6 is 23.1 Å². The highest BCUT2D eigenvalue weighted by Gasteiger charge is 2.24. The molecule has 2 amide bonds. The van der Waals surface area contributed by atoms with Crippen LogP contribution in [0.5, 0.6) is 5.75 Å². The maximum Gasteiger partial charge on any atom is 0.236 e. The average Bonchev–Trinajstić information content (AvgIpc) is 4.11. The number of anilines is 1. The highest BCUT2D eigenvalue weighted by Crippen LogP contribution is 2.32. The zero-order valence-electron chi connectivity index (χ0n) is 38.7. The second-order valence-electron chi connectivity index (χ2n) is 16.8. The van der Waals surface area contributed by atoms with E-state index in [1.807, 2.05) is 55.9 Å². The van der Waals surface area contributed by atoms with Gasteiger partial charge in [0.05, 0.1) is 37.7 Å². The summed E-state index contributed by atoms with van der Waals surface area (Å²) in [4.78, 5) is 37.8. The fourth-order valence-electron chi connectivity index (χ4n) is 8.51. The number of aromatic amines is 1. The third kappa shape index (κ3) is 12.1. The maximum absolute atomic E-state index is 13.2. The Hall–Kier alpha value is -6.65. The van der Waals surface area contributed by atoms with Crippen LogP contribution in [0.25, 0.3) is 22.2 Å². The number of nitrogens with zero attached hydrogens (tertiary/aromatic N) is 6. The minimum absolute atomic E-state index is 0.0399. The number of carbonyl (C=O) groups excluding carboxylic acids is 2. The molecule has 0 aliphatic carbocycles. The van der Waals surface area contributed by atoms with Crippen LogP contribution in [-0.2, 0) is 29.1 Å². The molecule has 5 aromatic carbocycles. The van der Waals surface area contributed by atoms with Crippen molar-refractivity contribution in [2.24, 2.45) is 0 Å². The lowest BCUT2D eigenvalue weighted by Gasteiger charge is -2.28. The summed E-state index contributed by atoms with van der Waals surface area (Å²) < 4.78 is 20.6. The molecule has 1 aliphatic rings. The first-order chi connectivity index (χ1) is 33.1. The molecule has 15 heteroatoms. The van der Waals surface area contributed by atoms with Gasteiger partial charge in [0.2, 0.25) is 11.8 Å². The Morgan fingerprint density at radius 3 is 2.38 bits per heavy atom. The summed E-state index contributed by atoms with van der Waals surface area (Å²) in [5, 5.41) is 19.2. The van der Waals surface area contributed by atoms with Gasteiger partial charge in [0, 0.05) is 53.6 Å². The first-order valence-electron chi connectivity index (χ1n) is 22.7. The van der Waals surface area contributed by atoms with E-state index in [1.165, 1.54) is 57.3 Å². The molecule has 68 heavy (non-hydrogen) atoms. The summed E-state index contributed by atoms with van der Waals surface area (Å²) in [6, 6.07) is 41.3. The molecule has 2 atom stereocenters. The Kier molecular flexibility index (Phi) is 16.1. The number of hydrogen-bond acceptors (Lipinski definition) is 10. The number of benzene rings is 5. The quantitative estimate of drug-likeness (QED) is 0.0764. The number of amides is 2. The molecule has 4 heterocycles. The number of thiazole rings is 1. The fraction of sp³-hybridized carbons (Fsp3) is 0.264. The van der Waals surface area contributed by atoms with Crippen LogP contribution in [0.4, 0.5) is 9.52 Å². The van der Waals surface area contributed by atoms with Crippen LogP contribution in [-0.4, -0.2) is 92.9 Å². The number of carbonyl (C=O) groups is 2. The smallest absolute Gasteiger partial charge is 0.236 e. The number of H-pyrrole nitrogens is 1. The maximum atomic E-state index is 13.2. The second kappa shape index (κ2) is 22.9. The summed E-state index contributed by atoms with van der Waals surface area (Å²) in [6.45, 7) is 5.45. The Balaban J connectivity index is 0.000000184. The highest BCUT2D eigenvalue weighted by molar-refractivity contribution is 7.99. The van der Waals surface area contributed by atoms with Gasteiger partial charge in [-0.3, -0.25) is 19.4 Å². The van der Waals surface area contributed by atoms with Gasteiger partial charge in [-0.25, -0.2) is 9.37 Å². The first kappa shape index (κ1) is 47.8. The van der Waals surface area contributed by atoms with Gasteiger partial charge in [-0.2, -0.15) is 0 Å². The van der Waals surface area contributed by atoms with E-state index in [2.05, 4.69) is 125 Å². The number of rotatable bonds is 17. The molecule has 0 spiro atoms. The predicted octanol–water partition coefficient (Wildman–Crippen LogP) is 9.82. The van der Waals surface area contributed by atoms with E-state index in [0.29, 0.717) is 35.6 Å². The van der Waals surface area contributed by atoms with Crippen molar-refractivity contribution in [3.8, 4) is 17.0 Å². The van der Waals surface area contributed by atoms with Crippen molar-refractivity contribution in [3.05, 3.63) is 178 Å². The van der Waals surface area contributed by atoms with Crippen molar-refractivity contribution in [3.63, 3.8) is 0 Å². The van der Waals surface area contributed by atoms with Crippen molar-refractivity contribution in [2.75, 3.05) is 51.9 Å². The van der Waals surface area contributed by atoms with E-state index in [9.17, 15) is 14.0 Å². The number of methoxy groups -OCH3 is 1. The normalized spacial score (nSPS) is 13.3. The van der Waals surface area contributed by atoms with Crippen molar-refractivity contribution < 1.29 is 18.7 Å². The lowest BCUT2D eigenvalue weighted by Crippen LogP contribution is -2.41. The summed E-state index contributed by atoms with van der Waals surface area (Å²) in [7, 11) is 5.74. The van der Waals surface area contributed by atoms with Gasteiger partial charge in [-0.05, 0) is 97.2 Å². The van der Waals surface area contributed by atoms with Crippen molar-refractivity contribution in [1.82, 2.24) is 39.8 Å². The van der Waals surface area contributed by atoms with Crippen molar-refractivity contribution in [2.45, 2.75) is 50.0 Å². The standard InChI is InChI=1S/C28H29N3O2.C25H27FN6OS2/c1-33-23-12-10-21(11-13-23)25(26-17-29-27-9-5-4-8-24(26)27)16-30-28(32)19-31-15-14-20-6-2-3-7-22(20)18-31;1-4-21(31(2)3)23-29-30-25(32(23)14-17-8-6-5-7-9-17)35-16-22(33)28-24-27-20(15-34-24)18-10-12-19(26)13-11-18/h2-13,17,25,29H,14-16,18-19H2,1H3,(H,30,32);5-13,15,21H,4,14,16H2,1-3H3,(H,27,28,33). The minimum Gasteiger partial charge on any atom is -0.497 e. The Morgan fingerprint density at radius 2 is 1.63 bits per heavy atom. The molecule has 350 valence electrons. The Morgan fingerprint density at radius 1 is 0.897 bits per heavy atom. The summed E-state index contributed by atoms with van der Waals surface area (Å²) >= 11 is 2.69. The largest absolute Gasteiger partial charge is 0.497 e. The first-order valence-corrected chi connectivity index (χ1v) is 24.6. The molecule has 0 bridgehead atoms. The van der Waals surface area contributed by atoms with E-state index in [4.69, 9.17) is 4.74 Å². The average molecular weight is 950 g/mol. The molecule has 1 aliphatic heterocycles. The van der Waals surface area contributed by atoms with Gasteiger partial charge in [0.1, 0.15) is 11.6 Å². The van der Waals surface area contributed by atoms with Crippen LogP contribution in [0.3, 0.4) is 0 Å². The van der Waals surface area contributed by atoms with Gasteiger partial charge in [-0.1, -0.05) is 104 Å². The minimum atomic E-state index is -0.298. The number of fused-ring (bicyclic) bond motifs is 2. The van der Waals surface area contributed by atoms with Gasteiger partial charge in [0.15, 0.2) is 16.1 Å². The molecule has 8 aromatic rings. The lowest BCUT2D eigenvalue weighted by atomic mass is 9.90. The molecule has 2 unspecified atom stereocenters. The van der Waals surface area contributed by atoms with E-state index in [1.54, 1.807) is 19.2 Å². The van der Waals surface area contributed by atoms with E-state index in [0.717, 1.165) is 59.7 Å². The molecule has 3 aromatic heterocycles. The lowest BCUT2D eigenvalue weighted by molar-refractivity contribution is -0.122. The van der Waals surface area contributed by atoms with Gasteiger partial charge >= 0.3 is 0 Å². The predicted molar refractivity (Wildman–Crippen MR) is 271 cm³/mol. The Bertz CT molecular complexity index is 2900.